The lowest BCUT2D eigenvalue weighted by Crippen LogP contribution is -2.36. The molecule has 0 saturated heterocycles. The van der Waals surface area contributed by atoms with Crippen molar-refractivity contribution in [2.75, 3.05) is 0 Å². The number of amides is 1. The number of pyridine rings is 1. The van der Waals surface area contributed by atoms with E-state index < -0.39 is 0 Å². The molecule has 2 aromatic carbocycles. The summed E-state index contributed by atoms with van der Waals surface area (Å²) in [6, 6.07) is 14.1. The molecule has 1 atom stereocenters. The van der Waals surface area contributed by atoms with Crippen LogP contribution in [0.25, 0.3) is 10.9 Å². The molecule has 4 rings (SSSR count). The molecule has 27 heavy (non-hydrogen) atoms. The van der Waals surface area contributed by atoms with Crippen molar-refractivity contribution in [2.45, 2.75) is 38.8 Å². The average molecular weight is 425 g/mol. The molecule has 138 valence electrons. The minimum atomic E-state index is -0.292. The van der Waals surface area contributed by atoms with Crippen molar-refractivity contribution in [1.29, 1.82) is 0 Å². The summed E-state index contributed by atoms with van der Waals surface area (Å²) in [7, 11) is 0. The minimum absolute atomic E-state index is 0.00977. The first-order valence-corrected chi connectivity index (χ1v) is 10.0. The van der Waals surface area contributed by atoms with Gasteiger partial charge in [0.15, 0.2) is 0 Å². The molecule has 1 aliphatic rings. The molecule has 0 aliphatic carbocycles. The van der Waals surface area contributed by atoms with Gasteiger partial charge < -0.3 is 9.88 Å². The van der Waals surface area contributed by atoms with Crippen molar-refractivity contribution in [3.05, 3.63) is 80.0 Å². The summed E-state index contributed by atoms with van der Waals surface area (Å²) in [5.74, 6) is -0.292. The number of carbonyl (C=O) groups excluding carboxylic acids is 1. The van der Waals surface area contributed by atoms with Crippen LogP contribution in [0.1, 0.15) is 34.8 Å². The van der Waals surface area contributed by atoms with Gasteiger partial charge in [0.2, 0.25) is 5.43 Å². The van der Waals surface area contributed by atoms with Gasteiger partial charge in [-0.05, 0) is 49.4 Å². The number of halogens is 1. The van der Waals surface area contributed by atoms with E-state index in [2.05, 4.69) is 39.4 Å². The first-order valence-electron chi connectivity index (χ1n) is 9.23. The molecule has 0 unspecified atom stereocenters. The smallest absolute Gasteiger partial charge is 0.256 e. The van der Waals surface area contributed by atoms with E-state index in [-0.39, 0.29) is 22.9 Å². The average Bonchev–Trinajstić information content (AvgIpc) is 3.06. The number of aryl methyl sites for hydroxylation is 3. The fraction of sp³-hybridized carbons (Fsp3) is 0.273. The normalized spacial score (nSPS) is 13.7. The third-order valence-corrected chi connectivity index (χ3v) is 5.63. The zero-order chi connectivity index (χ0) is 19.0. The van der Waals surface area contributed by atoms with Crippen LogP contribution in [0.5, 0.6) is 0 Å². The molecule has 0 saturated carbocycles. The van der Waals surface area contributed by atoms with Gasteiger partial charge in [-0.1, -0.05) is 46.3 Å². The predicted molar refractivity (Wildman–Crippen MR) is 111 cm³/mol. The van der Waals surface area contributed by atoms with E-state index in [1.807, 2.05) is 35.8 Å². The van der Waals surface area contributed by atoms with Gasteiger partial charge in [-0.15, -0.1) is 0 Å². The van der Waals surface area contributed by atoms with Gasteiger partial charge in [-0.3, -0.25) is 9.59 Å². The topological polar surface area (TPSA) is 51.1 Å². The number of carbonyl (C=O) groups is 1. The molecular formula is C22H21BrN2O2. The van der Waals surface area contributed by atoms with Crippen molar-refractivity contribution in [1.82, 2.24) is 9.88 Å². The van der Waals surface area contributed by atoms with Crippen molar-refractivity contribution in [3.63, 3.8) is 0 Å². The van der Waals surface area contributed by atoms with Crippen LogP contribution in [0.3, 0.4) is 0 Å². The van der Waals surface area contributed by atoms with Crippen molar-refractivity contribution in [3.8, 4) is 0 Å². The lowest BCUT2D eigenvalue weighted by Gasteiger charge is -2.15. The molecule has 5 heteroatoms. The highest BCUT2D eigenvalue weighted by Gasteiger charge is 2.22. The fourth-order valence-corrected chi connectivity index (χ4v) is 4.27. The number of hydrogen-bond acceptors (Lipinski definition) is 2. The van der Waals surface area contributed by atoms with Crippen LogP contribution in [0.15, 0.2) is 57.9 Å². The molecule has 0 spiro atoms. The van der Waals surface area contributed by atoms with E-state index in [0.717, 1.165) is 41.4 Å². The molecule has 3 aromatic rings. The summed E-state index contributed by atoms with van der Waals surface area (Å²) in [6.07, 6.45) is 4.32. The number of hydrogen-bond donors (Lipinski definition) is 1. The second-order valence-corrected chi connectivity index (χ2v) is 8.09. The number of benzene rings is 2. The van der Waals surface area contributed by atoms with Crippen LogP contribution in [0.2, 0.25) is 0 Å². The maximum absolute atomic E-state index is 12.9. The Balaban J connectivity index is 1.55. The molecule has 0 radical (unpaired) electrons. The van der Waals surface area contributed by atoms with Gasteiger partial charge in [0.05, 0.1) is 5.52 Å². The first-order chi connectivity index (χ1) is 13.0. The van der Waals surface area contributed by atoms with E-state index in [0.29, 0.717) is 5.39 Å². The summed E-state index contributed by atoms with van der Waals surface area (Å²) in [5.41, 5.74) is 3.38. The lowest BCUT2D eigenvalue weighted by molar-refractivity contribution is 0.0937. The van der Waals surface area contributed by atoms with E-state index >= 15 is 0 Å². The van der Waals surface area contributed by atoms with E-state index in [1.54, 1.807) is 6.20 Å². The van der Waals surface area contributed by atoms with Crippen molar-refractivity contribution in [2.24, 2.45) is 0 Å². The lowest BCUT2D eigenvalue weighted by atomic mass is 10.1. The molecule has 0 fully saturated rings. The third-order valence-electron chi connectivity index (χ3n) is 5.17. The molecule has 1 amide bonds. The van der Waals surface area contributed by atoms with Crippen LogP contribution in [-0.4, -0.2) is 16.5 Å². The quantitative estimate of drug-likeness (QED) is 0.670. The van der Waals surface area contributed by atoms with Crippen LogP contribution in [0, 0.1) is 0 Å². The molecule has 1 aromatic heterocycles. The monoisotopic (exact) mass is 424 g/mol. The third kappa shape index (κ3) is 3.56. The summed E-state index contributed by atoms with van der Waals surface area (Å²) in [4.78, 5) is 25.7. The zero-order valence-electron chi connectivity index (χ0n) is 15.2. The predicted octanol–water partition coefficient (Wildman–Crippen LogP) is 4.07. The summed E-state index contributed by atoms with van der Waals surface area (Å²) in [5, 5.41) is 3.60. The van der Waals surface area contributed by atoms with E-state index in [4.69, 9.17) is 0 Å². The van der Waals surface area contributed by atoms with Crippen LogP contribution >= 0.6 is 15.9 Å². The Hall–Kier alpha value is -2.40. The summed E-state index contributed by atoms with van der Waals surface area (Å²) < 4.78 is 2.91. The largest absolute Gasteiger partial charge is 0.349 e. The van der Waals surface area contributed by atoms with Gasteiger partial charge in [0, 0.05) is 28.6 Å². The van der Waals surface area contributed by atoms with Gasteiger partial charge in [0.25, 0.3) is 5.91 Å². The Kier molecular flexibility index (Phi) is 4.87. The summed E-state index contributed by atoms with van der Waals surface area (Å²) in [6.45, 7) is 2.78. The Morgan fingerprint density at radius 2 is 2.04 bits per heavy atom. The van der Waals surface area contributed by atoms with E-state index in [1.165, 1.54) is 5.56 Å². The number of nitrogens with one attached hydrogen (secondary N) is 1. The fourth-order valence-electron chi connectivity index (χ4n) is 3.76. The Labute approximate surface area is 166 Å². The van der Waals surface area contributed by atoms with Crippen molar-refractivity contribution >= 4 is 32.7 Å². The maximum Gasteiger partial charge on any atom is 0.256 e. The molecular weight excluding hydrogens is 404 g/mol. The van der Waals surface area contributed by atoms with Crippen molar-refractivity contribution < 1.29 is 4.79 Å². The Bertz CT molecular complexity index is 1070. The highest BCUT2D eigenvalue weighted by molar-refractivity contribution is 9.10. The van der Waals surface area contributed by atoms with Gasteiger partial charge >= 0.3 is 0 Å². The highest BCUT2D eigenvalue weighted by Crippen LogP contribution is 2.28. The second kappa shape index (κ2) is 7.31. The minimum Gasteiger partial charge on any atom is -0.349 e. The number of aromatic nitrogens is 1. The van der Waals surface area contributed by atoms with E-state index in [9.17, 15) is 9.59 Å². The highest BCUT2D eigenvalue weighted by atomic mass is 79.9. The van der Waals surface area contributed by atoms with Gasteiger partial charge in [-0.2, -0.15) is 0 Å². The van der Waals surface area contributed by atoms with Gasteiger partial charge in [-0.25, -0.2) is 0 Å². The Morgan fingerprint density at radius 3 is 2.81 bits per heavy atom. The molecule has 2 heterocycles. The van der Waals surface area contributed by atoms with Crippen LogP contribution < -0.4 is 10.7 Å². The standard InChI is InChI=1S/C22H21BrN2O2/c1-14(7-8-15-5-3-2-4-6-15)24-22(27)19-13-25-10-9-16-11-17(23)12-18(20(16)25)21(19)26/h2-6,11-14H,7-10H2,1H3,(H,24,27)/t14-/m0/s1. The molecule has 1 aliphatic heterocycles. The molecule has 4 nitrogen and oxygen atoms in total. The number of rotatable bonds is 5. The van der Waals surface area contributed by atoms with Crippen LogP contribution in [-0.2, 0) is 19.4 Å². The zero-order valence-corrected chi connectivity index (χ0v) is 16.8. The molecule has 0 bridgehead atoms. The maximum atomic E-state index is 12.9. The SMILES string of the molecule is C[C@@H](CCc1ccccc1)NC(=O)c1cn2c3c(cc(Br)cc3c1=O)CC2. The summed E-state index contributed by atoms with van der Waals surface area (Å²) >= 11 is 3.48. The Morgan fingerprint density at radius 1 is 1.26 bits per heavy atom. The number of nitrogens with zero attached hydrogens (tertiary/aromatic N) is 1. The first kappa shape index (κ1) is 18.0. The van der Waals surface area contributed by atoms with Crippen LogP contribution in [0.4, 0.5) is 0 Å². The second-order valence-electron chi connectivity index (χ2n) is 7.18. The molecule has 1 N–H and O–H groups in total. The van der Waals surface area contributed by atoms with Gasteiger partial charge in [0.1, 0.15) is 5.56 Å².